The number of halogens is 1. The lowest BCUT2D eigenvalue weighted by atomic mass is 10.1. The summed E-state index contributed by atoms with van der Waals surface area (Å²) in [7, 11) is 0. The lowest BCUT2D eigenvalue weighted by Crippen LogP contribution is -2.22. The molecule has 13 nitrogen and oxygen atoms in total. The lowest BCUT2D eigenvalue weighted by molar-refractivity contribution is 0.0947. The van der Waals surface area contributed by atoms with Crippen LogP contribution >= 0.6 is 11.6 Å². The van der Waals surface area contributed by atoms with Gasteiger partial charge in [0.1, 0.15) is 0 Å². The average Bonchev–Trinajstić information content (AvgIpc) is 3.43. The molecule has 0 aliphatic heterocycles. The van der Waals surface area contributed by atoms with E-state index in [0.717, 1.165) is 0 Å². The first kappa shape index (κ1) is 22.4. The van der Waals surface area contributed by atoms with Crippen LogP contribution in [-0.4, -0.2) is 43.3 Å². The summed E-state index contributed by atoms with van der Waals surface area (Å²) in [5.74, 6) is -1.30. The molecule has 14 heteroatoms. The molecule has 2 heterocycles. The van der Waals surface area contributed by atoms with Crippen LogP contribution in [0.25, 0.3) is 5.82 Å². The number of aromatic nitrogens is 5. The zero-order valence-corrected chi connectivity index (χ0v) is 18.1. The number of hydrazone groups is 1. The third-order valence-electron chi connectivity index (χ3n) is 4.54. The first-order valence-corrected chi connectivity index (χ1v) is 10.1. The molecule has 0 spiro atoms. The van der Waals surface area contributed by atoms with E-state index in [1.807, 2.05) is 0 Å². The average molecular weight is 481 g/mol. The van der Waals surface area contributed by atoms with Crippen molar-refractivity contribution in [2.24, 2.45) is 10.8 Å². The van der Waals surface area contributed by atoms with E-state index in [9.17, 15) is 9.59 Å². The molecule has 0 atom stereocenters. The minimum absolute atomic E-state index is 0.00957. The number of anilines is 2. The van der Waals surface area contributed by atoms with Crippen molar-refractivity contribution in [1.82, 2.24) is 30.7 Å². The van der Waals surface area contributed by atoms with Gasteiger partial charge in [-0.25, -0.2) is 10.1 Å². The van der Waals surface area contributed by atoms with E-state index in [1.165, 1.54) is 10.9 Å². The van der Waals surface area contributed by atoms with Crippen molar-refractivity contribution in [3.63, 3.8) is 0 Å². The maximum Gasteiger partial charge on any atom is 0.293 e. The third-order valence-corrected chi connectivity index (χ3v) is 4.78. The number of carbonyl (C=O) groups is 2. The number of para-hydroxylation sites is 1. The van der Waals surface area contributed by atoms with Crippen molar-refractivity contribution in [3.05, 3.63) is 76.1 Å². The molecule has 0 saturated carbocycles. The van der Waals surface area contributed by atoms with Crippen LogP contribution in [0.5, 0.6) is 0 Å². The monoisotopic (exact) mass is 480 g/mol. The van der Waals surface area contributed by atoms with Gasteiger partial charge in [0, 0.05) is 10.7 Å². The maximum absolute atomic E-state index is 12.8. The van der Waals surface area contributed by atoms with Gasteiger partial charge >= 0.3 is 0 Å². The predicted molar refractivity (Wildman–Crippen MR) is 122 cm³/mol. The maximum atomic E-state index is 12.8. The van der Waals surface area contributed by atoms with E-state index < -0.39 is 11.8 Å². The number of nitrogens with one attached hydrogen (secondary N) is 2. The Balaban J connectivity index is 1.61. The van der Waals surface area contributed by atoms with Crippen molar-refractivity contribution < 1.29 is 14.2 Å². The first-order chi connectivity index (χ1) is 16.4. The van der Waals surface area contributed by atoms with E-state index in [2.05, 4.69) is 41.1 Å². The normalized spacial score (nSPS) is 11.0. The van der Waals surface area contributed by atoms with Crippen molar-refractivity contribution in [2.45, 2.75) is 6.54 Å². The second-order valence-corrected chi connectivity index (χ2v) is 7.22. The number of hydrogen-bond donors (Lipinski definition) is 4. The molecule has 0 radical (unpaired) electrons. The van der Waals surface area contributed by atoms with Crippen LogP contribution in [0.1, 0.15) is 32.1 Å². The number of nitrogen functional groups attached to an aromatic ring is 1. The molecule has 0 aliphatic carbocycles. The highest BCUT2D eigenvalue weighted by Gasteiger charge is 2.24. The summed E-state index contributed by atoms with van der Waals surface area (Å²) >= 11 is 5.95. The highest BCUT2D eigenvalue weighted by Crippen LogP contribution is 2.19. The number of nitrogens with two attached hydrogens (primary N) is 2. The molecule has 34 heavy (non-hydrogen) atoms. The summed E-state index contributed by atoms with van der Waals surface area (Å²) in [6.07, 6.45) is 1.43. The lowest BCUT2D eigenvalue weighted by Gasteiger charge is -2.11. The zero-order chi connectivity index (χ0) is 24.1. The Morgan fingerprint density at radius 3 is 2.74 bits per heavy atom. The summed E-state index contributed by atoms with van der Waals surface area (Å²) in [6, 6.07) is 13.5. The Morgan fingerprint density at radius 2 is 2.00 bits per heavy atom. The molecule has 0 unspecified atom stereocenters. The van der Waals surface area contributed by atoms with Gasteiger partial charge in [-0.3, -0.25) is 9.59 Å². The van der Waals surface area contributed by atoms with Gasteiger partial charge in [0.25, 0.3) is 11.8 Å². The van der Waals surface area contributed by atoms with Crippen LogP contribution in [0, 0.1) is 0 Å². The number of primary amides is 1. The number of nitrogens with zero attached hydrogens (tertiary/aromatic N) is 6. The standard InChI is InChI=1S/C20H17ClN10O3/c21-12-5-3-4-11(8-12)9-25-27-20(33)16-15(31(30-26-16)19-17(22)28-34-29-19)10-24-14-7-2-1-6-13(14)18(23)32/h1-9,24H,10H2,(H2,22,28)(H2,23,32)(H,27,33)/b25-9+. The fourth-order valence-electron chi connectivity index (χ4n) is 2.98. The van der Waals surface area contributed by atoms with Gasteiger partial charge in [-0.15, -0.1) is 5.10 Å². The van der Waals surface area contributed by atoms with Crippen LogP contribution in [0.2, 0.25) is 5.02 Å². The van der Waals surface area contributed by atoms with Gasteiger partial charge in [-0.2, -0.15) is 9.78 Å². The Morgan fingerprint density at radius 1 is 1.18 bits per heavy atom. The van der Waals surface area contributed by atoms with Gasteiger partial charge in [-0.1, -0.05) is 41.1 Å². The molecule has 6 N–H and O–H groups in total. The van der Waals surface area contributed by atoms with Gasteiger partial charge in [-0.05, 0) is 40.1 Å². The molecular formula is C20H17ClN10O3. The molecule has 4 rings (SSSR count). The van der Waals surface area contributed by atoms with E-state index in [-0.39, 0.29) is 35.1 Å². The van der Waals surface area contributed by atoms with E-state index >= 15 is 0 Å². The van der Waals surface area contributed by atoms with E-state index in [0.29, 0.717) is 16.3 Å². The topological polar surface area (TPSA) is 192 Å². The second-order valence-electron chi connectivity index (χ2n) is 6.79. The van der Waals surface area contributed by atoms with Gasteiger partial charge < -0.3 is 16.8 Å². The summed E-state index contributed by atoms with van der Waals surface area (Å²) < 4.78 is 5.83. The van der Waals surface area contributed by atoms with Gasteiger partial charge in [0.05, 0.1) is 24.0 Å². The molecule has 0 bridgehead atoms. The smallest absolute Gasteiger partial charge is 0.293 e. The summed E-state index contributed by atoms with van der Waals surface area (Å²) in [6.45, 7) is -0.00957. The van der Waals surface area contributed by atoms with Crippen LogP contribution < -0.4 is 22.2 Å². The Hall–Kier alpha value is -4.78. The zero-order valence-electron chi connectivity index (χ0n) is 17.3. The van der Waals surface area contributed by atoms with Crippen molar-refractivity contribution in [2.75, 3.05) is 11.1 Å². The fourth-order valence-corrected chi connectivity index (χ4v) is 3.18. The van der Waals surface area contributed by atoms with Crippen molar-refractivity contribution >= 4 is 41.1 Å². The van der Waals surface area contributed by atoms with Crippen LogP contribution in [-0.2, 0) is 6.54 Å². The van der Waals surface area contributed by atoms with Crippen LogP contribution in [0.15, 0.2) is 58.3 Å². The first-order valence-electron chi connectivity index (χ1n) is 9.68. The number of amides is 2. The quantitative estimate of drug-likeness (QED) is 0.213. The third kappa shape index (κ3) is 4.83. The second kappa shape index (κ2) is 9.79. The van der Waals surface area contributed by atoms with Gasteiger partial charge in [0.15, 0.2) is 5.69 Å². The van der Waals surface area contributed by atoms with Crippen LogP contribution in [0.4, 0.5) is 11.5 Å². The molecule has 0 saturated heterocycles. The van der Waals surface area contributed by atoms with Gasteiger partial charge in [0.2, 0.25) is 11.6 Å². The van der Waals surface area contributed by atoms with Crippen LogP contribution in [0.3, 0.4) is 0 Å². The number of hydrogen-bond acceptors (Lipinski definition) is 10. The van der Waals surface area contributed by atoms with E-state index in [4.69, 9.17) is 23.1 Å². The van der Waals surface area contributed by atoms with Crippen molar-refractivity contribution in [1.29, 1.82) is 0 Å². The largest absolute Gasteiger partial charge is 0.379 e. The number of benzene rings is 2. The SMILES string of the molecule is NC(=O)c1ccccc1NCc1c(C(=O)N/N=C/c2cccc(Cl)c2)nnn1-c1nonc1N. The number of rotatable bonds is 8. The highest BCUT2D eigenvalue weighted by atomic mass is 35.5. The Kier molecular flexibility index (Phi) is 6.45. The summed E-state index contributed by atoms with van der Waals surface area (Å²) in [5, 5.41) is 22.6. The summed E-state index contributed by atoms with van der Waals surface area (Å²) in [5.41, 5.74) is 15.2. The molecular weight excluding hydrogens is 464 g/mol. The minimum atomic E-state index is -0.653. The molecule has 0 aliphatic rings. The summed E-state index contributed by atoms with van der Waals surface area (Å²) in [4.78, 5) is 24.5. The fraction of sp³-hybridized carbons (Fsp3) is 0.0500. The number of carbonyl (C=O) groups excluding carboxylic acids is 2. The van der Waals surface area contributed by atoms with E-state index in [1.54, 1.807) is 48.5 Å². The Bertz CT molecular complexity index is 1380. The minimum Gasteiger partial charge on any atom is -0.379 e. The molecule has 0 fully saturated rings. The van der Waals surface area contributed by atoms with Crippen molar-refractivity contribution in [3.8, 4) is 5.82 Å². The molecule has 4 aromatic rings. The predicted octanol–water partition coefficient (Wildman–Crippen LogP) is 1.36. The molecule has 2 amide bonds. The molecule has 2 aromatic heterocycles. The highest BCUT2D eigenvalue weighted by molar-refractivity contribution is 6.30. The molecule has 172 valence electrons. The molecule has 2 aromatic carbocycles. The Labute approximate surface area is 196 Å².